The first-order valence-corrected chi connectivity index (χ1v) is 9.06. The molecule has 1 amide bonds. The Kier molecular flexibility index (Phi) is 9.41. The molecule has 0 aliphatic heterocycles. The van der Waals surface area contributed by atoms with Gasteiger partial charge in [-0.25, -0.2) is 13.8 Å². The molecule has 27 heavy (non-hydrogen) atoms. The fourth-order valence-electron chi connectivity index (χ4n) is 2.71. The Morgan fingerprint density at radius 2 is 1.96 bits per heavy atom. The van der Waals surface area contributed by atoms with Crippen LogP contribution < -0.4 is 10.6 Å². The van der Waals surface area contributed by atoms with Gasteiger partial charge < -0.3 is 15.5 Å². The number of hydrogen-bond donors (Lipinski definition) is 2. The van der Waals surface area contributed by atoms with Gasteiger partial charge in [0.2, 0.25) is 5.91 Å². The molecule has 1 aromatic carbocycles. The highest BCUT2D eigenvalue weighted by Crippen LogP contribution is 2.48. The van der Waals surface area contributed by atoms with E-state index in [2.05, 4.69) is 22.5 Å². The van der Waals surface area contributed by atoms with Crippen molar-refractivity contribution in [2.24, 2.45) is 4.99 Å². The lowest BCUT2D eigenvalue weighted by atomic mass is 9.95. The molecule has 2 N–H and O–H groups in total. The van der Waals surface area contributed by atoms with E-state index in [-0.39, 0.29) is 41.8 Å². The molecule has 152 valence electrons. The predicted molar refractivity (Wildman–Crippen MR) is 115 cm³/mol. The second-order valence-corrected chi connectivity index (χ2v) is 6.99. The Morgan fingerprint density at radius 3 is 2.52 bits per heavy atom. The summed E-state index contributed by atoms with van der Waals surface area (Å²) in [6.07, 6.45) is 3.70. The molecule has 1 aliphatic carbocycles. The van der Waals surface area contributed by atoms with Gasteiger partial charge in [-0.1, -0.05) is 19.4 Å². The number of nitrogens with zero attached hydrogens (tertiary/aromatic N) is 2. The minimum absolute atomic E-state index is 0. The fraction of sp³-hybridized carbons (Fsp3) is 0.579. The molecular weight excluding hydrogens is 465 g/mol. The Balaban J connectivity index is 0.00000364. The number of halogens is 3. The predicted octanol–water partition coefficient (Wildman–Crippen LogP) is 3.04. The van der Waals surface area contributed by atoms with Crippen LogP contribution in [-0.4, -0.2) is 50.5 Å². The first-order valence-electron chi connectivity index (χ1n) is 9.06. The molecule has 8 heteroatoms. The number of hydrogen-bond acceptors (Lipinski definition) is 2. The van der Waals surface area contributed by atoms with Gasteiger partial charge in [0.05, 0.1) is 0 Å². The monoisotopic (exact) mass is 494 g/mol. The lowest BCUT2D eigenvalue weighted by Crippen LogP contribution is -2.42. The van der Waals surface area contributed by atoms with Gasteiger partial charge in [-0.15, -0.1) is 24.0 Å². The van der Waals surface area contributed by atoms with Crippen molar-refractivity contribution in [2.45, 2.75) is 38.0 Å². The van der Waals surface area contributed by atoms with Gasteiger partial charge >= 0.3 is 0 Å². The van der Waals surface area contributed by atoms with E-state index in [1.807, 2.05) is 0 Å². The Bertz CT molecular complexity index is 663. The van der Waals surface area contributed by atoms with E-state index < -0.39 is 11.6 Å². The summed E-state index contributed by atoms with van der Waals surface area (Å²) in [4.78, 5) is 17.6. The Hall–Kier alpha value is -1.45. The number of benzene rings is 1. The van der Waals surface area contributed by atoms with Crippen molar-refractivity contribution >= 4 is 35.8 Å². The largest absolute Gasteiger partial charge is 0.356 e. The summed E-state index contributed by atoms with van der Waals surface area (Å²) >= 11 is 0. The first-order chi connectivity index (χ1) is 12.4. The van der Waals surface area contributed by atoms with Crippen molar-refractivity contribution < 1.29 is 13.6 Å². The molecular formula is C19H29F2IN4O. The zero-order chi connectivity index (χ0) is 19.2. The van der Waals surface area contributed by atoms with Crippen LogP contribution in [0.5, 0.6) is 0 Å². The third kappa shape index (κ3) is 6.90. The zero-order valence-corrected chi connectivity index (χ0v) is 18.5. The third-order valence-electron chi connectivity index (χ3n) is 4.64. The smallest absolute Gasteiger partial charge is 0.243 e. The summed E-state index contributed by atoms with van der Waals surface area (Å²) in [5, 5.41) is 6.43. The highest BCUT2D eigenvalue weighted by molar-refractivity contribution is 14.0. The van der Waals surface area contributed by atoms with E-state index in [4.69, 9.17) is 0 Å². The van der Waals surface area contributed by atoms with Crippen LogP contribution >= 0.6 is 24.0 Å². The van der Waals surface area contributed by atoms with Crippen LogP contribution in [0.15, 0.2) is 23.2 Å². The molecule has 5 nitrogen and oxygen atoms in total. The van der Waals surface area contributed by atoms with Crippen LogP contribution in [0.4, 0.5) is 8.78 Å². The summed E-state index contributed by atoms with van der Waals surface area (Å²) in [7, 11) is 3.37. The van der Waals surface area contributed by atoms with Crippen LogP contribution in [0.1, 0.15) is 38.2 Å². The quantitative estimate of drug-likeness (QED) is 0.253. The van der Waals surface area contributed by atoms with Crippen molar-refractivity contribution in [1.29, 1.82) is 0 Å². The molecule has 0 bridgehead atoms. The van der Waals surface area contributed by atoms with Crippen molar-refractivity contribution in [3.05, 3.63) is 35.4 Å². The van der Waals surface area contributed by atoms with Crippen molar-refractivity contribution in [3.8, 4) is 0 Å². The number of likely N-dealkylation sites (N-methyl/N-ethyl adjacent to an activating group) is 1. The third-order valence-corrected chi connectivity index (χ3v) is 4.64. The zero-order valence-electron chi connectivity index (χ0n) is 16.1. The van der Waals surface area contributed by atoms with E-state index >= 15 is 0 Å². The number of nitrogens with one attached hydrogen (secondary N) is 2. The van der Waals surface area contributed by atoms with Crippen LogP contribution in [0, 0.1) is 11.6 Å². The van der Waals surface area contributed by atoms with Gasteiger partial charge in [-0.3, -0.25) is 4.79 Å². The van der Waals surface area contributed by atoms with Gasteiger partial charge in [0, 0.05) is 38.7 Å². The van der Waals surface area contributed by atoms with E-state index in [1.54, 1.807) is 14.1 Å². The molecule has 0 heterocycles. The number of unbranched alkanes of at least 4 members (excludes halogenated alkanes) is 1. The van der Waals surface area contributed by atoms with Gasteiger partial charge in [-0.05, 0) is 30.9 Å². The minimum atomic E-state index is -0.569. The van der Waals surface area contributed by atoms with Crippen LogP contribution in [0.2, 0.25) is 0 Å². The summed E-state index contributed by atoms with van der Waals surface area (Å²) in [5.41, 5.74) is 0.194. The van der Waals surface area contributed by atoms with Crippen LogP contribution in [0.3, 0.4) is 0 Å². The molecule has 1 aliphatic rings. The van der Waals surface area contributed by atoms with Crippen molar-refractivity contribution in [2.75, 3.05) is 33.7 Å². The van der Waals surface area contributed by atoms with Gasteiger partial charge in [-0.2, -0.15) is 0 Å². The molecule has 0 spiro atoms. The van der Waals surface area contributed by atoms with Crippen LogP contribution in [-0.2, 0) is 10.2 Å². The molecule has 1 aromatic rings. The second-order valence-electron chi connectivity index (χ2n) is 6.99. The summed E-state index contributed by atoms with van der Waals surface area (Å²) in [5.74, 6) is -0.625. The number of carbonyl (C=O) groups is 1. The molecule has 1 fully saturated rings. The molecule has 0 aromatic heterocycles. The average molecular weight is 494 g/mol. The number of aliphatic imine (C=N–C) groups is 1. The number of carbonyl (C=O) groups excluding carboxylic acids is 1. The summed E-state index contributed by atoms with van der Waals surface area (Å²) in [6, 6.07) is 3.75. The first kappa shape index (κ1) is 23.6. The lowest BCUT2D eigenvalue weighted by Gasteiger charge is -2.20. The molecule has 0 saturated heterocycles. The standard InChI is InChI=1S/C19H28F2N4O.HI/c1-4-5-10-22-18(23-12-17(26)25(2)3)24-13-19(8-9-19)15-7-6-14(20)11-16(15)21;/h6-7,11H,4-5,8-10,12-13H2,1-3H3,(H2,22,23,24);1H. The molecule has 0 unspecified atom stereocenters. The Morgan fingerprint density at radius 1 is 1.26 bits per heavy atom. The van der Waals surface area contributed by atoms with Crippen LogP contribution in [0.25, 0.3) is 0 Å². The van der Waals surface area contributed by atoms with Crippen molar-refractivity contribution in [1.82, 2.24) is 15.5 Å². The number of rotatable bonds is 8. The average Bonchev–Trinajstić information content (AvgIpc) is 3.37. The summed E-state index contributed by atoms with van der Waals surface area (Å²) < 4.78 is 27.3. The molecule has 1 saturated carbocycles. The maximum atomic E-state index is 14.1. The van der Waals surface area contributed by atoms with E-state index in [0.29, 0.717) is 18.1 Å². The highest BCUT2D eigenvalue weighted by Gasteiger charge is 2.46. The molecule has 2 rings (SSSR count). The Labute approximate surface area is 177 Å². The highest BCUT2D eigenvalue weighted by atomic mass is 127. The summed E-state index contributed by atoms with van der Waals surface area (Å²) in [6.45, 7) is 3.38. The minimum Gasteiger partial charge on any atom is -0.356 e. The maximum Gasteiger partial charge on any atom is 0.243 e. The van der Waals surface area contributed by atoms with E-state index in [0.717, 1.165) is 38.3 Å². The number of amides is 1. The normalized spacial score (nSPS) is 14.9. The topological polar surface area (TPSA) is 56.7 Å². The van der Waals surface area contributed by atoms with Crippen molar-refractivity contribution in [3.63, 3.8) is 0 Å². The SMILES string of the molecule is CCCCNC(=NCC(=O)N(C)C)NCC1(c2ccc(F)cc2F)CC1.I. The molecule has 0 atom stereocenters. The van der Waals surface area contributed by atoms with E-state index in [9.17, 15) is 13.6 Å². The maximum absolute atomic E-state index is 14.1. The fourth-order valence-corrected chi connectivity index (χ4v) is 2.71. The van der Waals surface area contributed by atoms with Gasteiger partial charge in [0.15, 0.2) is 5.96 Å². The van der Waals surface area contributed by atoms with Gasteiger partial charge in [0.25, 0.3) is 0 Å². The second kappa shape index (κ2) is 10.8. The van der Waals surface area contributed by atoms with Gasteiger partial charge in [0.1, 0.15) is 18.2 Å². The number of guanidine groups is 1. The van der Waals surface area contributed by atoms with E-state index in [1.165, 1.54) is 17.0 Å². The molecule has 0 radical (unpaired) electrons. The lowest BCUT2D eigenvalue weighted by molar-refractivity contribution is -0.127.